The van der Waals surface area contributed by atoms with E-state index in [9.17, 15) is 4.79 Å². The van der Waals surface area contributed by atoms with Gasteiger partial charge in [-0.2, -0.15) is 0 Å². The first kappa shape index (κ1) is 16.4. The standard InChI is InChI=1S/C18H20N4OS/c1-12-7-14(24-4)5-6-16(12)22(3)13-8-15(20-11-23)18-17(9-13)21(2)10-19-18/h5-11H,1-4H3,(H,20,23). The minimum Gasteiger partial charge on any atom is -0.344 e. The van der Waals surface area contributed by atoms with E-state index < -0.39 is 0 Å². The highest BCUT2D eigenvalue weighted by atomic mass is 32.2. The molecule has 1 heterocycles. The molecule has 3 rings (SSSR count). The van der Waals surface area contributed by atoms with Crippen molar-refractivity contribution in [1.29, 1.82) is 0 Å². The number of fused-ring (bicyclic) bond motifs is 1. The van der Waals surface area contributed by atoms with E-state index in [1.54, 1.807) is 18.1 Å². The number of aromatic nitrogens is 2. The van der Waals surface area contributed by atoms with Gasteiger partial charge in [-0.3, -0.25) is 4.79 Å². The number of aryl methyl sites for hydroxylation is 2. The molecule has 0 fully saturated rings. The number of imidazole rings is 1. The van der Waals surface area contributed by atoms with Gasteiger partial charge >= 0.3 is 0 Å². The topological polar surface area (TPSA) is 50.2 Å². The Morgan fingerprint density at radius 2 is 2.08 bits per heavy atom. The van der Waals surface area contributed by atoms with Crippen molar-refractivity contribution < 1.29 is 4.79 Å². The maximum Gasteiger partial charge on any atom is 0.211 e. The molecule has 0 saturated heterocycles. The fourth-order valence-corrected chi connectivity index (χ4v) is 3.35. The molecule has 0 spiro atoms. The smallest absolute Gasteiger partial charge is 0.211 e. The van der Waals surface area contributed by atoms with E-state index in [1.807, 2.05) is 24.7 Å². The Labute approximate surface area is 145 Å². The van der Waals surface area contributed by atoms with Crippen molar-refractivity contribution in [2.75, 3.05) is 23.5 Å². The van der Waals surface area contributed by atoms with Crippen LogP contribution in [0.5, 0.6) is 0 Å². The van der Waals surface area contributed by atoms with Crippen LogP contribution in [0.2, 0.25) is 0 Å². The summed E-state index contributed by atoms with van der Waals surface area (Å²) in [7, 11) is 3.98. The minimum atomic E-state index is 0.686. The molecule has 0 atom stereocenters. The zero-order valence-corrected chi connectivity index (χ0v) is 15.0. The predicted molar refractivity (Wildman–Crippen MR) is 101 cm³/mol. The van der Waals surface area contributed by atoms with Crippen molar-refractivity contribution in [1.82, 2.24) is 9.55 Å². The van der Waals surface area contributed by atoms with Gasteiger partial charge in [0.25, 0.3) is 0 Å². The summed E-state index contributed by atoms with van der Waals surface area (Å²) in [6.07, 6.45) is 4.51. The number of hydrogen-bond donors (Lipinski definition) is 1. The number of rotatable bonds is 5. The first-order valence-corrected chi connectivity index (χ1v) is 8.81. The molecule has 0 saturated carbocycles. The van der Waals surface area contributed by atoms with Crippen LogP contribution in [0.4, 0.5) is 17.1 Å². The lowest BCUT2D eigenvalue weighted by Gasteiger charge is -2.23. The second kappa shape index (κ2) is 6.57. The first-order chi connectivity index (χ1) is 11.5. The molecule has 0 aliphatic carbocycles. The molecule has 0 aliphatic heterocycles. The lowest BCUT2D eigenvalue weighted by Crippen LogP contribution is -2.11. The molecule has 24 heavy (non-hydrogen) atoms. The molecule has 2 aromatic carbocycles. The normalized spacial score (nSPS) is 10.8. The molecule has 124 valence electrons. The van der Waals surface area contributed by atoms with Crippen LogP contribution in [0.15, 0.2) is 41.6 Å². The molecule has 0 unspecified atom stereocenters. The molecular formula is C18H20N4OS. The first-order valence-electron chi connectivity index (χ1n) is 7.58. The number of nitrogens with one attached hydrogen (secondary N) is 1. The maximum absolute atomic E-state index is 10.9. The van der Waals surface area contributed by atoms with E-state index in [4.69, 9.17) is 0 Å². The average molecular weight is 340 g/mol. The zero-order chi connectivity index (χ0) is 17.3. The van der Waals surface area contributed by atoms with Crippen molar-refractivity contribution in [3.05, 3.63) is 42.2 Å². The molecular weight excluding hydrogens is 320 g/mol. The van der Waals surface area contributed by atoms with E-state index in [0.29, 0.717) is 12.1 Å². The van der Waals surface area contributed by atoms with Crippen LogP contribution in [0.25, 0.3) is 11.0 Å². The molecule has 1 aromatic heterocycles. The number of hydrogen-bond acceptors (Lipinski definition) is 4. The van der Waals surface area contributed by atoms with Gasteiger partial charge in [0, 0.05) is 30.4 Å². The van der Waals surface area contributed by atoms with Gasteiger partial charge in [-0.1, -0.05) is 0 Å². The number of carbonyl (C=O) groups excluding carboxylic acids is 1. The van der Waals surface area contributed by atoms with Crippen LogP contribution in [0, 0.1) is 6.92 Å². The van der Waals surface area contributed by atoms with Crippen LogP contribution in [-0.4, -0.2) is 29.3 Å². The number of amides is 1. The van der Waals surface area contributed by atoms with Crippen LogP contribution < -0.4 is 10.2 Å². The largest absolute Gasteiger partial charge is 0.344 e. The SMILES string of the molecule is CSc1ccc(N(C)c2cc(NC=O)c3ncn(C)c3c2)c(C)c1. The number of nitrogens with zero attached hydrogens (tertiary/aromatic N) is 3. The van der Waals surface area contributed by atoms with E-state index >= 15 is 0 Å². The van der Waals surface area contributed by atoms with Crippen molar-refractivity contribution in [3.8, 4) is 0 Å². The van der Waals surface area contributed by atoms with Crippen molar-refractivity contribution in [2.45, 2.75) is 11.8 Å². The van der Waals surface area contributed by atoms with E-state index in [0.717, 1.165) is 22.4 Å². The van der Waals surface area contributed by atoms with Gasteiger partial charge in [-0.05, 0) is 49.1 Å². The third-order valence-electron chi connectivity index (χ3n) is 4.18. The third kappa shape index (κ3) is 2.85. The number of anilines is 3. The third-order valence-corrected chi connectivity index (χ3v) is 4.91. The van der Waals surface area contributed by atoms with Crippen LogP contribution in [0.3, 0.4) is 0 Å². The molecule has 0 radical (unpaired) electrons. The molecule has 1 amide bonds. The van der Waals surface area contributed by atoms with Crippen LogP contribution in [0.1, 0.15) is 5.56 Å². The van der Waals surface area contributed by atoms with Gasteiger partial charge in [0.05, 0.1) is 17.5 Å². The van der Waals surface area contributed by atoms with Crippen LogP contribution >= 0.6 is 11.8 Å². The van der Waals surface area contributed by atoms with E-state index in [1.165, 1.54) is 10.5 Å². The minimum absolute atomic E-state index is 0.686. The fourth-order valence-electron chi connectivity index (χ4n) is 2.85. The van der Waals surface area contributed by atoms with Gasteiger partial charge < -0.3 is 14.8 Å². The molecule has 3 aromatic rings. The lowest BCUT2D eigenvalue weighted by atomic mass is 10.1. The number of thioether (sulfide) groups is 1. The summed E-state index contributed by atoms with van der Waals surface area (Å²) >= 11 is 1.73. The monoisotopic (exact) mass is 340 g/mol. The summed E-state index contributed by atoms with van der Waals surface area (Å²) in [5.41, 5.74) is 5.81. The highest BCUT2D eigenvalue weighted by Crippen LogP contribution is 2.34. The Morgan fingerprint density at radius 3 is 2.75 bits per heavy atom. The number of benzene rings is 2. The molecule has 6 heteroatoms. The maximum atomic E-state index is 10.9. The highest BCUT2D eigenvalue weighted by Gasteiger charge is 2.13. The van der Waals surface area contributed by atoms with Crippen molar-refractivity contribution >= 4 is 46.3 Å². The summed E-state index contributed by atoms with van der Waals surface area (Å²) in [6, 6.07) is 10.5. The van der Waals surface area contributed by atoms with Gasteiger partial charge in [0.2, 0.25) is 6.41 Å². The second-order valence-corrected chi connectivity index (χ2v) is 6.57. The summed E-state index contributed by atoms with van der Waals surface area (Å²) in [5.74, 6) is 0. The van der Waals surface area contributed by atoms with Crippen molar-refractivity contribution in [2.24, 2.45) is 7.05 Å². The summed E-state index contributed by atoms with van der Waals surface area (Å²) in [6.45, 7) is 2.11. The second-order valence-electron chi connectivity index (χ2n) is 5.69. The lowest BCUT2D eigenvalue weighted by molar-refractivity contribution is -0.105. The fraction of sp³-hybridized carbons (Fsp3) is 0.222. The predicted octanol–water partition coefficient (Wildman–Crippen LogP) is 3.94. The molecule has 0 bridgehead atoms. The Hall–Kier alpha value is -2.47. The summed E-state index contributed by atoms with van der Waals surface area (Å²) in [5, 5.41) is 2.76. The van der Waals surface area contributed by atoms with Gasteiger partial charge in [-0.25, -0.2) is 4.98 Å². The van der Waals surface area contributed by atoms with Crippen molar-refractivity contribution in [3.63, 3.8) is 0 Å². The quantitative estimate of drug-likeness (QED) is 0.564. The Kier molecular flexibility index (Phi) is 4.49. The molecule has 1 N–H and O–H groups in total. The summed E-state index contributed by atoms with van der Waals surface area (Å²) < 4.78 is 1.95. The van der Waals surface area contributed by atoms with Gasteiger partial charge in [-0.15, -0.1) is 11.8 Å². The average Bonchev–Trinajstić information content (AvgIpc) is 2.96. The van der Waals surface area contributed by atoms with E-state index in [2.05, 4.69) is 52.6 Å². The molecule has 5 nitrogen and oxygen atoms in total. The highest BCUT2D eigenvalue weighted by molar-refractivity contribution is 7.98. The van der Waals surface area contributed by atoms with Gasteiger partial charge in [0.15, 0.2) is 0 Å². The van der Waals surface area contributed by atoms with E-state index in [-0.39, 0.29) is 0 Å². The van der Waals surface area contributed by atoms with Crippen LogP contribution in [-0.2, 0) is 11.8 Å². The Bertz CT molecular complexity index is 903. The number of carbonyl (C=O) groups is 1. The summed E-state index contributed by atoms with van der Waals surface area (Å²) in [4.78, 5) is 18.7. The zero-order valence-electron chi connectivity index (χ0n) is 14.2. The van der Waals surface area contributed by atoms with Gasteiger partial charge in [0.1, 0.15) is 5.52 Å². The Balaban J connectivity index is 2.11. The molecule has 0 aliphatic rings. The Morgan fingerprint density at radius 1 is 1.29 bits per heavy atom.